The van der Waals surface area contributed by atoms with E-state index in [1.165, 1.54) is 49.7 Å². The Morgan fingerprint density at radius 1 is 0.371 bits per heavy atom. The summed E-state index contributed by atoms with van der Waals surface area (Å²) in [7, 11) is 0. The number of para-hydroxylation sites is 3. The van der Waals surface area contributed by atoms with Crippen molar-refractivity contribution in [3.63, 3.8) is 0 Å². The van der Waals surface area contributed by atoms with Crippen LogP contribution in [0.1, 0.15) is 22.3 Å². The minimum absolute atomic E-state index is 0.549. The molecule has 14 rings (SSSR count). The molecule has 2 heterocycles. The van der Waals surface area contributed by atoms with Crippen molar-refractivity contribution < 1.29 is 4.42 Å². The standard InChI is InChI=1S/C67H44N2O/c1-5-20-46(21-6-1)52-30-17-31-53-56-44-47(40-43-63(56)70-66(52)53)45-38-41-51(42-39-45)69(62-37-19-36-61-65(62)55-29-14-16-34-59(55)68(61)50-26-11-4-12-27-50)60-35-18-33-58-64(60)54-28-13-15-32-57(54)67(58,48-22-7-2-8-23-48)49-24-9-3-10-25-49/h1-44H. The third-order valence-corrected chi connectivity index (χ3v) is 14.7. The quantitative estimate of drug-likeness (QED) is 0.152. The van der Waals surface area contributed by atoms with Gasteiger partial charge in [-0.1, -0.05) is 206 Å². The number of furan rings is 1. The van der Waals surface area contributed by atoms with Crippen LogP contribution in [0.4, 0.5) is 17.1 Å². The zero-order valence-corrected chi connectivity index (χ0v) is 38.2. The zero-order valence-electron chi connectivity index (χ0n) is 38.2. The van der Waals surface area contributed by atoms with Gasteiger partial charge in [-0.25, -0.2) is 0 Å². The molecule has 0 N–H and O–H groups in total. The van der Waals surface area contributed by atoms with E-state index < -0.39 is 5.41 Å². The molecule has 0 saturated carbocycles. The number of hydrogen-bond donors (Lipinski definition) is 0. The van der Waals surface area contributed by atoms with Crippen LogP contribution in [0.15, 0.2) is 271 Å². The third kappa shape index (κ3) is 5.95. The Bertz CT molecular complexity index is 4060. The van der Waals surface area contributed by atoms with Crippen molar-refractivity contribution in [3.8, 4) is 39.1 Å². The molecule has 1 aliphatic rings. The van der Waals surface area contributed by atoms with Crippen LogP contribution in [0.5, 0.6) is 0 Å². The molecule has 3 heteroatoms. The summed E-state index contributed by atoms with van der Waals surface area (Å²) in [5, 5.41) is 4.62. The molecule has 3 nitrogen and oxygen atoms in total. The molecule has 0 amide bonds. The summed E-state index contributed by atoms with van der Waals surface area (Å²) in [6, 6.07) is 97.3. The Morgan fingerprint density at radius 2 is 0.943 bits per heavy atom. The number of fused-ring (bicyclic) bond motifs is 9. The summed E-state index contributed by atoms with van der Waals surface area (Å²) in [5.41, 5.74) is 20.0. The van der Waals surface area contributed by atoms with Gasteiger partial charge < -0.3 is 13.9 Å². The highest BCUT2D eigenvalue weighted by molar-refractivity contribution is 6.17. The minimum Gasteiger partial charge on any atom is -0.455 e. The van der Waals surface area contributed by atoms with Gasteiger partial charge >= 0.3 is 0 Å². The van der Waals surface area contributed by atoms with Gasteiger partial charge in [-0.2, -0.15) is 0 Å². The Balaban J connectivity index is 1.01. The van der Waals surface area contributed by atoms with Crippen molar-refractivity contribution in [3.05, 3.63) is 289 Å². The number of hydrogen-bond acceptors (Lipinski definition) is 2. The van der Waals surface area contributed by atoms with E-state index in [9.17, 15) is 0 Å². The molecule has 13 aromatic rings. The smallest absolute Gasteiger partial charge is 0.143 e. The van der Waals surface area contributed by atoms with E-state index in [4.69, 9.17) is 4.42 Å². The first-order chi connectivity index (χ1) is 34.8. The molecule has 2 aromatic heterocycles. The number of benzene rings is 11. The molecule has 70 heavy (non-hydrogen) atoms. The average Bonchev–Trinajstić information content (AvgIpc) is 4.09. The summed E-state index contributed by atoms with van der Waals surface area (Å²) in [4.78, 5) is 2.52. The lowest BCUT2D eigenvalue weighted by molar-refractivity contribution is 0.670. The summed E-state index contributed by atoms with van der Waals surface area (Å²) in [6.45, 7) is 0. The van der Waals surface area contributed by atoms with E-state index in [1.54, 1.807) is 0 Å². The summed E-state index contributed by atoms with van der Waals surface area (Å²) < 4.78 is 9.01. The molecule has 0 spiro atoms. The van der Waals surface area contributed by atoms with Crippen LogP contribution < -0.4 is 4.90 Å². The predicted octanol–water partition coefficient (Wildman–Crippen LogP) is 17.8. The van der Waals surface area contributed by atoms with Gasteiger partial charge in [0.25, 0.3) is 0 Å². The van der Waals surface area contributed by atoms with Crippen LogP contribution in [-0.4, -0.2) is 4.57 Å². The minimum atomic E-state index is -0.549. The molecule has 1 aliphatic carbocycles. The molecule has 0 aliphatic heterocycles. The SMILES string of the molecule is c1ccc(-c2cccc3c2oc2ccc(-c4ccc(N(c5cccc6c5-c5ccccc5C6(c5ccccc5)c5ccccc5)c5cccc6c5c5ccccc5n6-c5ccccc5)cc4)cc23)cc1. The van der Waals surface area contributed by atoms with Gasteiger partial charge in [-0.15, -0.1) is 0 Å². The van der Waals surface area contributed by atoms with E-state index in [-0.39, 0.29) is 0 Å². The van der Waals surface area contributed by atoms with Crippen molar-refractivity contribution in [2.75, 3.05) is 4.90 Å². The highest BCUT2D eigenvalue weighted by Crippen LogP contribution is 2.60. The summed E-state index contributed by atoms with van der Waals surface area (Å²) in [6.07, 6.45) is 0. The van der Waals surface area contributed by atoms with Crippen LogP contribution in [-0.2, 0) is 5.41 Å². The van der Waals surface area contributed by atoms with Crippen molar-refractivity contribution >= 4 is 60.8 Å². The van der Waals surface area contributed by atoms with Crippen LogP contribution in [0.25, 0.3) is 82.8 Å². The predicted molar refractivity (Wildman–Crippen MR) is 291 cm³/mol. The number of nitrogens with zero attached hydrogens (tertiary/aromatic N) is 2. The number of aromatic nitrogens is 1. The van der Waals surface area contributed by atoms with Crippen LogP contribution in [0.3, 0.4) is 0 Å². The molecule has 0 saturated heterocycles. The zero-order chi connectivity index (χ0) is 46.2. The molecule has 0 fully saturated rings. The fourth-order valence-electron chi connectivity index (χ4n) is 11.7. The average molecular weight is 893 g/mol. The molecule has 0 unspecified atom stereocenters. The highest BCUT2D eigenvalue weighted by Gasteiger charge is 2.47. The largest absolute Gasteiger partial charge is 0.455 e. The number of anilines is 3. The molecule has 0 bridgehead atoms. The Kier molecular flexibility index (Phi) is 9.11. The van der Waals surface area contributed by atoms with Crippen molar-refractivity contribution in [2.24, 2.45) is 0 Å². The fraction of sp³-hybridized carbons (Fsp3) is 0.0149. The van der Waals surface area contributed by atoms with Gasteiger partial charge in [0.1, 0.15) is 11.2 Å². The van der Waals surface area contributed by atoms with E-state index >= 15 is 0 Å². The topological polar surface area (TPSA) is 21.3 Å². The van der Waals surface area contributed by atoms with Crippen molar-refractivity contribution in [1.29, 1.82) is 0 Å². The first-order valence-electron chi connectivity index (χ1n) is 24.1. The van der Waals surface area contributed by atoms with E-state index in [0.717, 1.165) is 72.5 Å². The monoisotopic (exact) mass is 892 g/mol. The van der Waals surface area contributed by atoms with Gasteiger partial charge in [0.2, 0.25) is 0 Å². The van der Waals surface area contributed by atoms with Crippen LogP contribution >= 0.6 is 0 Å². The van der Waals surface area contributed by atoms with Gasteiger partial charge in [0, 0.05) is 44.0 Å². The molecule has 0 atom stereocenters. The molecule has 0 radical (unpaired) electrons. The second kappa shape index (κ2) is 16.0. The van der Waals surface area contributed by atoms with Crippen molar-refractivity contribution in [2.45, 2.75) is 5.41 Å². The van der Waals surface area contributed by atoms with E-state index in [2.05, 4.69) is 276 Å². The maximum absolute atomic E-state index is 6.60. The number of rotatable bonds is 8. The maximum Gasteiger partial charge on any atom is 0.143 e. The fourth-order valence-corrected chi connectivity index (χ4v) is 11.7. The van der Waals surface area contributed by atoms with Gasteiger partial charge in [-0.3, -0.25) is 0 Å². The molecular weight excluding hydrogens is 849 g/mol. The molecule has 328 valence electrons. The lowest BCUT2D eigenvalue weighted by Gasteiger charge is -2.34. The summed E-state index contributed by atoms with van der Waals surface area (Å²) >= 11 is 0. The van der Waals surface area contributed by atoms with E-state index in [1.807, 2.05) is 0 Å². The Labute approximate surface area is 406 Å². The molecular formula is C67H44N2O. The van der Waals surface area contributed by atoms with E-state index in [0.29, 0.717) is 0 Å². The lowest BCUT2D eigenvalue weighted by Crippen LogP contribution is -2.28. The lowest BCUT2D eigenvalue weighted by atomic mass is 9.68. The maximum atomic E-state index is 6.60. The second-order valence-electron chi connectivity index (χ2n) is 18.3. The molecule has 11 aromatic carbocycles. The first kappa shape index (κ1) is 39.9. The Morgan fingerprint density at radius 3 is 1.71 bits per heavy atom. The van der Waals surface area contributed by atoms with Crippen molar-refractivity contribution in [1.82, 2.24) is 4.57 Å². The highest BCUT2D eigenvalue weighted by atomic mass is 16.3. The normalized spacial score (nSPS) is 12.7. The van der Waals surface area contributed by atoms with Gasteiger partial charge in [0.05, 0.1) is 27.8 Å². The van der Waals surface area contributed by atoms with Gasteiger partial charge in [0.15, 0.2) is 0 Å². The first-order valence-corrected chi connectivity index (χ1v) is 24.1. The second-order valence-corrected chi connectivity index (χ2v) is 18.3. The summed E-state index contributed by atoms with van der Waals surface area (Å²) in [5.74, 6) is 0. The third-order valence-electron chi connectivity index (χ3n) is 14.7. The Hall–Kier alpha value is -9.18. The van der Waals surface area contributed by atoms with Crippen LogP contribution in [0.2, 0.25) is 0 Å². The van der Waals surface area contributed by atoms with Gasteiger partial charge in [-0.05, 0) is 105 Å². The van der Waals surface area contributed by atoms with Crippen LogP contribution in [0, 0.1) is 0 Å².